The molecule has 1 aromatic heterocycles. The minimum atomic E-state index is -0.0737. The van der Waals surface area contributed by atoms with Gasteiger partial charge in [-0.3, -0.25) is 4.79 Å². The summed E-state index contributed by atoms with van der Waals surface area (Å²) in [5.74, 6) is 0.166. The average Bonchev–Trinajstić information content (AvgIpc) is 2.99. The van der Waals surface area contributed by atoms with E-state index in [1.807, 2.05) is 53.6 Å². The number of carbonyl (C=O) groups excluding carboxylic acids is 2. The zero-order valence-corrected chi connectivity index (χ0v) is 15.6. The Hall–Kier alpha value is -2.34. The molecule has 3 amide bonds. The Balaban J connectivity index is 1.29. The van der Waals surface area contributed by atoms with Gasteiger partial charge in [-0.1, -0.05) is 23.8 Å². The van der Waals surface area contributed by atoms with Crippen molar-refractivity contribution in [1.29, 1.82) is 0 Å². The van der Waals surface area contributed by atoms with Crippen LogP contribution in [0.15, 0.2) is 41.8 Å². The molecule has 0 bridgehead atoms. The largest absolute Gasteiger partial charge is 0.351 e. The summed E-state index contributed by atoms with van der Waals surface area (Å²) in [6.45, 7) is 4.00. The maximum Gasteiger partial charge on any atom is 0.321 e. The molecule has 2 heterocycles. The SMILES string of the molecule is Cc1ccc(NC(=O)N2CCC3(CC3C(=O)NCc3cccs3)C2)cc1. The number of likely N-dealkylation sites (tertiary alicyclic amines) is 1. The Morgan fingerprint density at radius 3 is 2.81 bits per heavy atom. The molecule has 2 aromatic rings. The lowest BCUT2D eigenvalue weighted by Gasteiger charge is -2.17. The molecule has 2 unspecified atom stereocenters. The topological polar surface area (TPSA) is 61.4 Å². The molecular formula is C20H23N3O2S. The molecule has 2 atom stereocenters. The number of anilines is 1. The molecule has 1 aliphatic heterocycles. The molecule has 1 aliphatic carbocycles. The van der Waals surface area contributed by atoms with Crippen molar-refractivity contribution >= 4 is 29.0 Å². The fourth-order valence-electron chi connectivity index (χ4n) is 3.79. The summed E-state index contributed by atoms with van der Waals surface area (Å²) >= 11 is 1.65. The van der Waals surface area contributed by atoms with E-state index in [1.54, 1.807) is 11.3 Å². The summed E-state index contributed by atoms with van der Waals surface area (Å²) in [5, 5.41) is 8.01. The van der Waals surface area contributed by atoms with Crippen molar-refractivity contribution in [3.05, 3.63) is 52.2 Å². The van der Waals surface area contributed by atoms with Crippen LogP contribution in [0.2, 0.25) is 0 Å². The molecule has 1 aromatic carbocycles. The molecular weight excluding hydrogens is 346 g/mol. The molecule has 26 heavy (non-hydrogen) atoms. The van der Waals surface area contributed by atoms with Gasteiger partial charge < -0.3 is 15.5 Å². The zero-order valence-electron chi connectivity index (χ0n) is 14.8. The lowest BCUT2D eigenvalue weighted by Crippen LogP contribution is -2.34. The summed E-state index contributed by atoms with van der Waals surface area (Å²) < 4.78 is 0. The summed E-state index contributed by atoms with van der Waals surface area (Å²) in [7, 11) is 0. The smallest absolute Gasteiger partial charge is 0.321 e. The van der Waals surface area contributed by atoms with E-state index in [0.29, 0.717) is 19.6 Å². The van der Waals surface area contributed by atoms with Crippen molar-refractivity contribution in [1.82, 2.24) is 10.2 Å². The van der Waals surface area contributed by atoms with Crippen LogP contribution in [0, 0.1) is 18.3 Å². The van der Waals surface area contributed by atoms with Gasteiger partial charge in [0.15, 0.2) is 0 Å². The molecule has 2 fully saturated rings. The number of thiophene rings is 1. The third-order valence-corrected chi connectivity index (χ3v) is 6.37. The Morgan fingerprint density at radius 2 is 2.08 bits per heavy atom. The summed E-state index contributed by atoms with van der Waals surface area (Å²) in [4.78, 5) is 27.9. The van der Waals surface area contributed by atoms with Gasteiger partial charge in [-0.2, -0.15) is 0 Å². The van der Waals surface area contributed by atoms with Crippen LogP contribution in [0.5, 0.6) is 0 Å². The number of urea groups is 1. The standard InChI is InChI=1S/C20H23N3O2S/c1-14-4-6-15(7-5-14)22-19(25)23-9-8-20(13-23)11-17(20)18(24)21-12-16-3-2-10-26-16/h2-7,10,17H,8-9,11-13H2,1H3,(H,21,24)(H,22,25). The molecule has 4 rings (SSSR count). The van der Waals surface area contributed by atoms with Crippen molar-refractivity contribution in [3.8, 4) is 0 Å². The molecule has 0 radical (unpaired) electrons. The number of carbonyl (C=O) groups is 2. The van der Waals surface area contributed by atoms with Gasteiger partial charge >= 0.3 is 6.03 Å². The highest BCUT2D eigenvalue weighted by molar-refractivity contribution is 7.09. The Labute approximate surface area is 157 Å². The van der Waals surface area contributed by atoms with Crippen LogP contribution in [0.4, 0.5) is 10.5 Å². The average molecular weight is 369 g/mol. The number of aryl methyl sites for hydroxylation is 1. The highest BCUT2D eigenvalue weighted by Crippen LogP contribution is 2.58. The van der Waals surface area contributed by atoms with Crippen molar-refractivity contribution in [3.63, 3.8) is 0 Å². The predicted molar refractivity (Wildman–Crippen MR) is 103 cm³/mol. The molecule has 1 saturated carbocycles. The summed E-state index contributed by atoms with van der Waals surface area (Å²) in [6.07, 6.45) is 1.79. The second-order valence-corrected chi connectivity index (χ2v) is 8.42. The number of nitrogens with one attached hydrogen (secondary N) is 2. The zero-order chi connectivity index (χ0) is 18.1. The van der Waals surface area contributed by atoms with Crippen LogP contribution in [0.3, 0.4) is 0 Å². The van der Waals surface area contributed by atoms with E-state index < -0.39 is 0 Å². The Morgan fingerprint density at radius 1 is 1.27 bits per heavy atom. The second-order valence-electron chi connectivity index (χ2n) is 7.38. The van der Waals surface area contributed by atoms with Gasteiger partial charge in [0.25, 0.3) is 0 Å². The van der Waals surface area contributed by atoms with E-state index in [1.165, 1.54) is 4.88 Å². The second kappa shape index (κ2) is 6.76. The van der Waals surface area contributed by atoms with Gasteiger partial charge in [-0.25, -0.2) is 4.79 Å². The monoisotopic (exact) mass is 369 g/mol. The van der Waals surface area contributed by atoms with E-state index in [4.69, 9.17) is 0 Å². The van der Waals surface area contributed by atoms with Gasteiger partial charge in [0.2, 0.25) is 5.91 Å². The maximum absolute atomic E-state index is 12.5. The lowest BCUT2D eigenvalue weighted by molar-refractivity contribution is -0.123. The number of benzene rings is 1. The third kappa shape index (κ3) is 3.46. The van der Waals surface area contributed by atoms with Crippen molar-refractivity contribution in [2.24, 2.45) is 11.3 Å². The van der Waals surface area contributed by atoms with Crippen LogP contribution in [-0.2, 0) is 11.3 Å². The normalized spacial score (nSPS) is 23.9. The predicted octanol–water partition coefficient (Wildman–Crippen LogP) is 3.62. The van der Waals surface area contributed by atoms with E-state index >= 15 is 0 Å². The molecule has 2 N–H and O–H groups in total. The van der Waals surface area contributed by atoms with Gasteiger partial charge in [-0.05, 0) is 43.3 Å². The van der Waals surface area contributed by atoms with Crippen LogP contribution in [0.25, 0.3) is 0 Å². The lowest BCUT2D eigenvalue weighted by atomic mass is 10.0. The first-order valence-electron chi connectivity index (χ1n) is 8.98. The Kier molecular flexibility index (Phi) is 4.44. The quantitative estimate of drug-likeness (QED) is 0.865. The van der Waals surface area contributed by atoms with Crippen LogP contribution < -0.4 is 10.6 Å². The number of hydrogen-bond donors (Lipinski definition) is 2. The van der Waals surface area contributed by atoms with E-state index in [-0.39, 0.29) is 23.3 Å². The van der Waals surface area contributed by atoms with Crippen LogP contribution in [-0.4, -0.2) is 29.9 Å². The summed E-state index contributed by atoms with van der Waals surface area (Å²) in [5.41, 5.74) is 1.96. The van der Waals surface area contributed by atoms with Gasteiger partial charge in [0.05, 0.1) is 6.54 Å². The van der Waals surface area contributed by atoms with Crippen molar-refractivity contribution < 1.29 is 9.59 Å². The molecule has 6 heteroatoms. The molecule has 1 spiro atoms. The fourth-order valence-corrected chi connectivity index (χ4v) is 4.43. The Bertz CT molecular complexity index is 803. The first-order valence-corrected chi connectivity index (χ1v) is 9.86. The van der Waals surface area contributed by atoms with Crippen molar-refractivity contribution in [2.75, 3.05) is 18.4 Å². The number of hydrogen-bond acceptors (Lipinski definition) is 3. The minimum Gasteiger partial charge on any atom is -0.351 e. The molecule has 5 nitrogen and oxygen atoms in total. The van der Waals surface area contributed by atoms with E-state index in [0.717, 1.165) is 24.1 Å². The molecule has 2 aliphatic rings. The first kappa shape index (κ1) is 17.1. The highest BCUT2D eigenvalue weighted by atomic mass is 32.1. The first-order chi connectivity index (χ1) is 12.6. The molecule has 1 saturated heterocycles. The van der Waals surface area contributed by atoms with Crippen LogP contribution in [0.1, 0.15) is 23.3 Å². The van der Waals surface area contributed by atoms with Gasteiger partial charge in [0.1, 0.15) is 0 Å². The maximum atomic E-state index is 12.5. The van der Waals surface area contributed by atoms with E-state index in [2.05, 4.69) is 10.6 Å². The third-order valence-electron chi connectivity index (χ3n) is 5.50. The number of rotatable bonds is 4. The van der Waals surface area contributed by atoms with Crippen LogP contribution >= 0.6 is 11.3 Å². The molecule has 136 valence electrons. The van der Waals surface area contributed by atoms with Crippen molar-refractivity contribution in [2.45, 2.75) is 26.3 Å². The van der Waals surface area contributed by atoms with E-state index in [9.17, 15) is 9.59 Å². The highest BCUT2D eigenvalue weighted by Gasteiger charge is 2.61. The number of amides is 3. The van der Waals surface area contributed by atoms with Gasteiger partial charge in [0, 0.05) is 35.0 Å². The fraction of sp³-hybridized carbons (Fsp3) is 0.400. The minimum absolute atomic E-state index is 0.00977. The van der Waals surface area contributed by atoms with Gasteiger partial charge in [-0.15, -0.1) is 11.3 Å². The summed E-state index contributed by atoms with van der Waals surface area (Å²) in [6, 6.07) is 11.7. The number of nitrogens with zero attached hydrogens (tertiary/aromatic N) is 1.